The third-order valence-electron chi connectivity index (χ3n) is 26.0. The Balaban J connectivity index is 0.0000000990. The summed E-state index contributed by atoms with van der Waals surface area (Å²) in [5, 5.41) is 19.6. The van der Waals surface area contributed by atoms with E-state index in [4.69, 9.17) is 0 Å². The van der Waals surface area contributed by atoms with E-state index >= 15 is 0 Å². The van der Waals surface area contributed by atoms with Gasteiger partial charge in [-0.2, -0.15) is 0 Å². The molecular formula is C115H103N10+5. The number of hydrogen-bond acceptors (Lipinski definition) is 0. The first-order chi connectivity index (χ1) is 60.8. The maximum Gasteiger partial charge on any atom is 0.239 e. The molecule has 125 heavy (non-hydrogen) atoms. The molecule has 10 heteroatoms. The van der Waals surface area contributed by atoms with Gasteiger partial charge in [-0.05, 0) is 169 Å². The summed E-state index contributed by atoms with van der Waals surface area (Å²) in [6.07, 6.45) is 6.64. The number of benzene rings is 14. The summed E-state index contributed by atoms with van der Waals surface area (Å²) >= 11 is 0. The number of pyridine rings is 5. The quantitative estimate of drug-likeness (QED) is 0.122. The minimum Gasteiger partial charge on any atom is -0.120 e. The predicted octanol–water partition coefficient (Wildman–Crippen LogP) is 25.6. The van der Waals surface area contributed by atoms with E-state index in [1.165, 1.54) is 231 Å². The third kappa shape index (κ3) is 13.2. The molecule has 0 radical (unpaired) electrons. The van der Waals surface area contributed by atoms with Crippen molar-refractivity contribution in [2.75, 3.05) is 0 Å². The highest BCUT2D eigenvalue weighted by molar-refractivity contribution is 6.19. The molecule has 24 rings (SSSR count). The Bertz CT molecular complexity index is 8390. The zero-order chi connectivity index (χ0) is 85.9. The summed E-state index contributed by atoms with van der Waals surface area (Å²) in [6, 6.07) is 118. The molecule has 10 aromatic heterocycles. The summed E-state index contributed by atoms with van der Waals surface area (Å²) in [7, 11) is 10.7. The predicted molar refractivity (Wildman–Crippen MR) is 522 cm³/mol. The van der Waals surface area contributed by atoms with Crippen LogP contribution in [-0.2, 0) is 35.2 Å². The monoisotopic (exact) mass is 1620 g/mol. The SMILES string of the molecule is CC(C)c1ccc2c(c1)c1ccccc1n1c2cc[n+]1C.Cc1cc(C)cc(-c2cc3c4ccccc4c4cccc(C)c4n3[n+]2C)c1.Cc1cccc(C)c1-c1c[n+](C)n2c3c(C)cccc3c3ccccc3c12.Cc1cccc2c3ccccc3c3c(-c4ccccc4)c[n+](C)n3c12.Cc1cccc2c3ccccc3c3cc(-c4ccccc4)[n+](C)n3c12. The Morgan fingerprint density at radius 3 is 1.02 bits per heavy atom. The van der Waals surface area contributed by atoms with Crippen LogP contribution in [0.3, 0.4) is 0 Å². The van der Waals surface area contributed by atoms with Crippen LogP contribution in [-0.4, -0.2) is 22.6 Å². The normalized spacial score (nSPS) is 11.7. The first kappa shape index (κ1) is 78.7. The first-order valence-corrected chi connectivity index (χ1v) is 43.6. The summed E-state index contributed by atoms with van der Waals surface area (Å²) in [5.74, 6) is 0.548. The Morgan fingerprint density at radius 2 is 0.560 bits per heavy atom. The van der Waals surface area contributed by atoms with Gasteiger partial charge < -0.3 is 0 Å². The highest BCUT2D eigenvalue weighted by Crippen LogP contribution is 2.42. The second-order valence-electron chi connectivity index (χ2n) is 34.6. The summed E-state index contributed by atoms with van der Waals surface area (Å²) in [6.45, 7) is 22.0. The zero-order valence-corrected chi connectivity index (χ0v) is 74.0. The van der Waals surface area contributed by atoms with Gasteiger partial charge in [0, 0.05) is 83.2 Å². The van der Waals surface area contributed by atoms with Crippen LogP contribution in [0.1, 0.15) is 69.8 Å². The molecule has 0 saturated carbocycles. The van der Waals surface area contributed by atoms with Gasteiger partial charge in [0.05, 0.1) is 11.1 Å². The van der Waals surface area contributed by atoms with Crippen molar-refractivity contribution in [3.63, 3.8) is 0 Å². The van der Waals surface area contributed by atoms with Gasteiger partial charge in [0.15, 0.2) is 41.4 Å². The fraction of sp³-hybridized carbons (Fsp3) is 0.139. The van der Waals surface area contributed by atoms with Crippen LogP contribution in [0, 0.1) is 55.4 Å². The number of fused-ring (bicyclic) bond motifs is 30. The Kier molecular flexibility index (Phi) is 19.8. The van der Waals surface area contributed by atoms with E-state index in [1.54, 1.807) is 0 Å². The molecule has 0 N–H and O–H groups in total. The number of hydrogen-bond donors (Lipinski definition) is 0. The Hall–Kier alpha value is -14.9. The number of para-hydroxylation sites is 5. The molecular weight excluding hydrogens is 1520 g/mol. The van der Waals surface area contributed by atoms with Crippen molar-refractivity contribution in [1.29, 1.82) is 0 Å². The van der Waals surface area contributed by atoms with Gasteiger partial charge in [-0.1, -0.05) is 304 Å². The van der Waals surface area contributed by atoms with Crippen molar-refractivity contribution in [3.8, 4) is 44.8 Å². The van der Waals surface area contributed by atoms with Crippen molar-refractivity contribution in [3.05, 3.63) is 396 Å². The standard InChI is InChI=1S/2C25H23N2.2C23H19N2.C19H19N2/c1-16-9-7-10-17(2)23(16)22-15-26(4)27-24-18(3)11-8-14-20(24)19-12-5-6-13-21(19)25(22)27;1-16-12-17(2)14-19(13-16)23-15-24-21-10-6-5-9-20(21)22-11-7-8-18(3)25(22)27(24)26(23)4;1-16-9-8-14-19-18-12-6-7-13-20(18)23-21(17-10-4-3-5-11-17)15-24(2)25(23)22(16)19;1-16-9-8-14-20-18-12-6-7-13-19(18)22-15-21(17-10-4-3-5-11-17)24(2)25(22)23(16)20;1-13(2)14-8-9-16-17(12-14)15-6-4-5-7-18(15)21-19(16)10-11-20(21)3/h2*5-15H,1-4H3;2*3-15H,1-2H3;4-13H,1-3H3/q5*+1. The van der Waals surface area contributed by atoms with Crippen molar-refractivity contribution in [2.24, 2.45) is 35.2 Å². The summed E-state index contributed by atoms with van der Waals surface area (Å²) in [5.41, 5.74) is 34.6. The molecule has 10 nitrogen and oxygen atoms in total. The van der Waals surface area contributed by atoms with Gasteiger partial charge >= 0.3 is 0 Å². The Morgan fingerprint density at radius 1 is 0.224 bits per heavy atom. The van der Waals surface area contributed by atoms with E-state index in [0.29, 0.717) is 5.92 Å². The lowest BCUT2D eigenvalue weighted by Crippen LogP contribution is -2.37. The average molecular weight is 1630 g/mol. The number of aryl methyl sites for hydroxylation is 13. The van der Waals surface area contributed by atoms with Crippen molar-refractivity contribution in [1.82, 2.24) is 22.6 Å². The molecule has 0 amide bonds. The smallest absolute Gasteiger partial charge is 0.120 e. The minimum absolute atomic E-state index is 0.548. The molecule has 0 fully saturated rings. The molecule has 0 unspecified atom stereocenters. The largest absolute Gasteiger partial charge is 0.239 e. The molecule has 0 aliphatic heterocycles. The lowest BCUT2D eigenvalue weighted by molar-refractivity contribution is -0.735. The highest BCUT2D eigenvalue weighted by atomic mass is 15.4. The molecule has 0 aliphatic rings. The highest BCUT2D eigenvalue weighted by Gasteiger charge is 2.29. The van der Waals surface area contributed by atoms with Gasteiger partial charge in [-0.25, -0.2) is 0 Å². The minimum atomic E-state index is 0.548. The second kappa shape index (κ2) is 31.5. The fourth-order valence-electron chi connectivity index (χ4n) is 20.4. The summed E-state index contributed by atoms with van der Waals surface area (Å²) in [4.78, 5) is 0. The number of rotatable bonds is 5. The van der Waals surface area contributed by atoms with Crippen LogP contribution in [0.25, 0.3) is 181 Å². The van der Waals surface area contributed by atoms with Gasteiger partial charge in [-0.3, -0.25) is 0 Å². The number of aromatic nitrogens is 10. The lowest BCUT2D eigenvalue weighted by atomic mass is 9.94. The molecule has 14 aromatic carbocycles. The van der Waals surface area contributed by atoms with Gasteiger partial charge in [0.2, 0.25) is 23.8 Å². The second-order valence-corrected chi connectivity index (χ2v) is 34.6. The molecule has 0 bridgehead atoms. The average Bonchev–Trinajstić information content (AvgIpc) is 1.64. The van der Waals surface area contributed by atoms with Crippen LogP contribution in [0.2, 0.25) is 0 Å². The van der Waals surface area contributed by atoms with E-state index in [9.17, 15) is 0 Å². The topological polar surface area (TPSA) is 41.5 Å². The van der Waals surface area contributed by atoms with Crippen LogP contribution < -0.4 is 23.4 Å². The van der Waals surface area contributed by atoms with Gasteiger partial charge in [-0.15, -0.1) is 46.0 Å². The molecule has 24 aromatic rings. The van der Waals surface area contributed by atoms with E-state index < -0.39 is 0 Å². The summed E-state index contributed by atoms with van der Waals surface area (Å²) < 4.78 is 22.9. The zero-order valence-electron chi connectivity index (χ0n) is 74.0. The molecule has 10 heterocycles. The molecule has 0 aliphatic carbocycles. The third-order valence-corrected chi connectivity index (χ3v) is 26.0. The maximum atomic E-state index is 2.38. The van der Waals surface area contributed by atoms with Crippen LogP contribution in [0.4, 0.5) is 0 Å². The lowest BCUT2D eigenvalue weighted by Gasteiger charge is -2.11. The van der Waals surface area contributed by atoms with E-state index in [-0.39, 0.29) is 0 Å². The van der Waals surface area contributed by atoms with Crippen molar-refractivity contribution >= 4 is 136 Å². The van der Waals surface area contributed by atoms with E-state index in [1.807, 2.05) is 0 Å². The van der Waals surface area contributed by atoms with Gasteiger partial charge in [0.25, 0.3) is 0 Å². The van der Waals surface area contributed by atoms with E-state index in [0.717, 1.165) is 0 Å². The molecule has 608 valence electrons. The van der Waals surface area contributed by atoms with Crippen LogP contribution in [0.15, 0.2) is 346 Å². The number of nitrogens with zero attached hydrogens (tertiary/aromatic N) is 10. The first-order valence-electron chi connectivity index (χ1n) is 43.6. The van der Waals surface area contributed by atoms with Crippen LogP contribution >= 0.6 is 0 Å². The fourth-order valence-corrected chi connectivity index (χ4v) is 20.4. The van der Waals surface area contributed by atoms with E-state index in [2.05, 4.69) is 497 Å². The maximum absolute atomic E-state index is 2.38. The Labute approximate surface area is 728 Å². The molecule has 0 spiro atoms. The van der Waals surface area contributed by atoms with Crippen LogP contribution in [0.5, 0.6) is 0 Å². The molecule has 0 atom stereocenters. The van der Waals surface area contributed by atoms with Crippen molar-refractivity contribution < 1.29 is 23.4 Å². The van der Waals surface area contributed by atoms with Crippen molar-refractivity contribution in [2.45, 2.75) is 75.2 Å². The van der Waals surface area contributed by atoms with Gasteiger partial charge in [0.1, 0.15) is 55.2 Å². The molecule has 0 saturated heterocycles.